The molecule has 0 fully saturated rings. The number of carbonyl (C=O) groups is 2. The fraction of sp³-hybridized carbons (Fsp3) is 0.125. The molecule has 114 valence electrons. The topological polar surface area (TPSA) is 70.2 Å². The maximum atomic E-state index is 12.0. The molecule has 22 heavy (non-hydrogen) atoms. The molecule has 0 unspecified atom stereocenters. The lowest BCUT2D eigenvalue weighted by molar-refractivity contribution is -0.114. The van der Waals surface area contributed by atoms with Crippen molar-refractivity contribution in [1.29, 1.82) is 0 Å². The highest BCUT2D eigenvalue weighted by Gasteiger charge is 2.07. The lowest BCUT2D eigenvalue weighted by atomic mass is 10.2. The zero-order valence-corrected chi connectivity index (χ0v) is 13.0. The Kier molecular flexibility index (Phi) is 5.01. The molecule has 0 spiro atoms. The van der Waals surface area contributed by atoms with Crippen LogP contribution in [-0.4, -0.2) is 11.9 Å². The second kappa shape index (κ2) is 6.95. The molecule has 3 amide bonds. The van der Waals surface area contributed by atoms with E-state index >= 15 is 0 Å². The molecule has 0 atom stereocenters. The minimum Gasteiger partial charge on any atom is -0.326 e. The van der Waals surface area contributed by atoms with Gasteiger partial charge in [0.15, 0.2) is 0 Å². The average Bonchev–Trinajstić information content (AvgIpc) is 2.45. The van der Waals surface area contributed by atoms with Crippen LogP contribution in [0.3, 0.4) is 0 Å². The monoisotopic (exact) mass is 317 g/mol. The molecule has 2 aromatic rings. The van der Waals surface area contributed by atoms with Crippen molar-refractivity contribution in [3.8, 4) is 0 Å². The minimum atomic E-state index is -0.363. The largest absolute Gasteiger partial charge is 0.326 e. The Morgan fingerprint density at radius 1 is 0.909 bits per heavy atom. The molecule has 5 nitrogen and oxygen atoms in total. The van der Waals surface area contributed by atoms with Crippen molar-refractivity contribution in [3.63, 3.8) is 0 Å². The number of halogens is 1. The Labute approximate surface area is 133 Å². The van der Waals surface area contributed by atoms with Gasteiger partial charge in [0.2, 0.25) is 5.91 Å². The first-order valence-corrected chi connectivity index (χ1v) is 7.04. The van der Waals surface area contributed by atoms with Crippen LogP contribution in [0, 0.1) is 6.92 Å². The molecule has 0 aliphatic carbocycles. The molecule has 0 aromatic heterocycles. The summed E-state index contributed by atoms with van der Waals surface area (Å²) in [7, 11) is 0. The maximum absolute atomic E-state index is 12.0. The van der Waals surface area contributed by atoms with Crippen molar-refractivity contribution in [2.75, 3.05) is 16.0 Å². The first kappa shape index (κ1) is 15.9. The SMILES string of the molecule is CC(=O)Nc1ccc(NC(=O)Nc2cccc(Cl)c2C)cc1. The Hall–Kier alpha value is -2.53. The van der Waals surface area contributed by atoms with Gasteiger partial charge in [-0.1, -0.05) is 17.7 Å². The highest BCUT2D eigenvalue weighted by atomic mass is 35.5. The van der Waals surface area contributed by atoms with Crippen LogP contribution in [0.5, 0.6) is 0 Å². The van der Waals surface area contributed by atoms with E-state index in [9.17, 15) is 9.59 Å². The summed E-state index contributed by atoms with van der Waals surface area (Å²) in [5, 5.41) is 8.71. The normalized spacial score (nSPS) is 9.95. The van der Waals surface area contributed by atoms with E-state index in [1.807, 2.05) is 6.92 Å². The molecular weight excluding hydrogens is 302 g/mol. The van der Waals surface area contributed by atoms with Gasteiger partial charge in [-0.25, -0.2) is 4.79 Å². The molecule has 0 heterocycles. The first-order valence-electron chi connectivity index (χ1n) is 6.66. The van der Waals surface area contributed by atoms with Crippen LogP contribution in [0.4, 0.5) is 21.9 Å². The van der Waals surface area contributed by atoms with Crippen LogP contribution >= 0.6 is 11.6 Å². The highest BCUT2D eigenvalue weighted by molar-refractivity contribution is 6.31. The van der Waals surface area contributed by atoms with E-state index in [1.54, 1.807) is 42.5 Å². The molecule has 0 bridgehead atoms. The number of anilines is 3. The summed E-state index contributed by atoms with van der Waals surface area (Å²) in [6, 6.07) is 11.8. The molecule has 3 N–H and O–H groups in total. The average molecular weight is 318 g/mol. The van der Waals surface area contributed by atoms with Crippen molar-refractivity contribution >= 4 is 40.6 Å². The molecule has 6 heteroatoms. The third-order valence-electron chi connectivity index (χ3n) is 2.98. The van der Waals surface area contributed by atoms with Gasteiger partial charge in [-0.05, 0) is 48.9 Å². The van der Waals surface area contributed by atoms with Gasteiger partial charge in [0.25, 0.3) is 0 Å². The number of benzene rings is 2. The van der Waals surface area contributed by atoms with Gasteiger partial charge in [-0.2, -0.15) is 0 Å². The third-order valence-corrected chi connectivity index (χ3v) is 3.39. The molecule has 0 aliphatic heterocycles. The van der Waals surface area contributed by atoms with E-state index in [0.29, 0.717) is 22.1 Å². The van der Waals surface area contributed by atoms with E-state index in [2.05, 4.69) is 16.0 Å². The lowest BCUT2D eigenvalue weighted by Crippen LogP contribution is -2.20. The Balaban J connectivity index is 2.00. The summed E-state index contributed by atoms with van der Waals surface area (Å²) in [5.74, 6) is -0.144. The minimum absolute atomic E-state index is 0.144. The summed E-state index contributed by atoms with van der Waals surface area (Å²) >= 11 is 6.01. The van der Waals surface area contributed by atoms with Gasteiger partial charge in [0, 0.05) is 29.0 Å². The van der Waals surface area contributed by atoms with Gasteiger partial charge in [-0.3, -0.25) is 4.79 Å². The lowest BCUT2D eigenvalue weighted by Gasteiger charge is -2.11. The third kappa shape index (κ3) is 4.23. The Bertz CT molecular complexity index is 699. The quantitative estimate of drug-likeness (QED) is 0.792. The van der Waals surface area contributed by atoms with Gasteiger partial charge in [0.05, 0.1) is 0 Å². The second-order valence-electron chi connectivity index (χ2n) is 4.75. The molecule has 0 saturated carbocycles. The van der Waals surface area contributed by atoms with Crippen LogP contribution in [-0.2, 0) is 4.79 Å². The van der Waals surface area contributed by atoms with Crippen molar-refractivity contribution in [1.82, 2.24) is 0 Å². The van der Waals surface area contributed by atoms with E-state index in [0.717, 1.165) is 5.56 Å². The van der Waals surface area contributed by atoms with Crippen LogP contribution in [0.25, 0.3) is 0 Å². The van der Waals surface area contributed by atoms with Gasteiger partial charge in [-0.15, -0.1) is 0 Å². The highest BCUT2D eigenvalue weighted by Crippen LogP contribution is 2.23. The van der Waals surface area contributed by atoms with Crippen LogP contribution in [0.15, 0.2) is 42.5 Å². The van der Waals surface area contributed by atoms with Crippen LogP contribution < -0.4 is 16.0 Å². The zero-order valence-electron chi connectivity index (χ0n) is 12.2. The maximum Gasteiger partial charge on any atom is 0.323 e. The van der Waals surface area contributed by atoms with Crippen molar-refractivity contribution in [3.05, 3.63) is 53.1 Å². The number of hydrogen-bond donors (Lipinski definition) is 3. The predicted octanol–water partition coefficient (Wildman–Crippen LogP) is 4.25. The fourth-order valence-electron chi connectivity index (χ4n) is 1.87. The first-order chi connectivity index (χ1) is 10.5. The van der Waals surface area contributed by atoms with E-state index in [1.165, 1.54) is 6.92 Å². The van der Waals surface area contributed by atoms with E-state index in [4.69, 9.17) is 11.6 Å². The molecular formula is C16H16ClN3O2. The molecule has 2 rings (SSSR count). The molecule has 0 radical (unpaired) electrons. The van der Waals surface area contributed by atoms with Crippen molar-refractivity contribution < 1.29 is 9.59 Å². The second-order valence-corrected chi connectivity index (χ2v) is 5.16. The Morgan fingerprint density at radius 3 is 2.09 bits per heavy atom. The molecule has 0 aliphatic rings. The summed E-state index contributed by atoms with van der Waals surface area (Å²) < 4.78 is 0. The number of amides is 3. The number of rotatable bonds is 3. The smallest absolute Gasteiger partial charge is 0.323 e. The number of carbonyl (C=O) groups excluding carboxylic acids is 2. The van der Waals surface area contributed by atoms with E-state index < -0.39 is 0 Å². The number of nitrogens with one attached hydrogen (secondary N) is 3. The molecule has 2 aromatic carbocycles. The van der Waals surface area contributed by atoms with Gasteiger partial charge in [0.1, 0.15) is 0 Å². The van der Waals surface area contributed by atoms with Gasteiger partial charge >= 0.3 is 6.03 Å². The predicted molar refractivity (Wildman–Crippen MR) is 89.6 cm³/mol. The zero-order chi connectivity index (χ0) is 16.1. The van der Waals surface area contributed by atoms with Gasteiger partial charge < -0.3 is 16.0 Å². The molecule has 0 saturated heterocycles. The fourth-order valence-corrected chi connectivity index (χ4v) is 2.04. The summed E-state index contributed by atoms with van der Waals surface area (Å²) in [4.78, 5) is 22.9. The van der Waals surface area contributed by atoms with Crippen LogP contribution in [0.2, 0.25) is 5.02 Å². The van der Waals surface area contributed by atoms with E-state index in [-0.39, 0.29) is 11.9 Å². The summed E-state index contributed by atoms with van der Waals surface area (Å²) in [5.41, 5.74) is 2.75. The summed E-state index contributed by atoms with van der Waals surface area (Å²) in [6.07, 6.45) is 0. The number of urea groups is 1. The van der Waals surface area contributed by atoms with Crippen molar-refractivity contribution in [2.45, 2.75) is 13.8 Å². The standard InChI is InChI=1S/C16H16ClN3O2/c1-10-14(17)4-3-5-15(10)20-16(22)19-13-8-6-12(7-9-13)18-11(2)21/h3-9H,1-2H3,(H,18,21)(H2,19,20,22). The summed E-state index contributed by atoms with van der Waals surface area (Å²) in [6.45, 7) is 3.27. The van der Waals surface area contributed by atoms with Crippen LogP contribution in [0.1, 0.15) is 12.5 Å². The van der Waals surface area contributed by atoms with Crippen molar-refractivity contribution in [2.24, 2.45) is 0 Å². The Morgan fingerprint density at radius 2 is 1.50 bits per heavy atom. The number of hydrogen-bond acceptors (Lipinski definition) is 2.